The molecule has 0 radical (unpaired) electrons. The average molecular weight is 511 g/mol. The zero-order chi connectivity index (χ0) is 20.2. The van der Waals surface area contributed by atoms with Crippen LogP contribution < -0.4 is 24.8 Å². The van der Waals surface area contributed by atoms with Crippen LogP contribution in [0.5, 0.6) is 17.2 Å². The Morgan fingerprint density at radius 2 is 1.83 bits per heavy atom. The molecule has 2 N–H and O–H groups in total. The maximum absolute atomic E-state index is 5.69. The van der Waals surface area contributed by atoms with Crippen LogP contribution >= 0.6 is 24.0 Å². The molecule has 6 nitrogen and oxygen atoms in total. The van der Waals surface area contributed by atoms with E-state index in [0.29, 0.717) is 19.7 Å². The molecule has 0 heterocycles. The molecule has 2 aromatic rings. The molecule has 7 heteroatoms. The lowest BCUT2D eigenvalue weighted by Gasteiger charge is -2.15. The lowest BCUT2D eigenvalue weighted by atomic mass is 10.1. The van der Waals surface area contributed by atoms with Crippen molar-refractivity contribution in [2.45, 2.75) is 13.0 Å². The highest BCUT2D eigenvalue weighted by Crippen LogP contribution is 2.24. The van der Waals surface area contributed by atoms with Crippen LogP contribution in [0, 0.1) is 0 Å². The van der Waals surface area contributed by atoms with Crippen LogP contribution in [-0.2, 0) is 13.0 Å². The van der Waals surface area contributed by atoms with Crippen LogP contribution in [0.2, 0.25) is 0 Å². The number of nitrogens with zero attached hydrogens (tertiary/aromatic N) is 1. The number of methoxy groups -OCH3 is 2. The molecule has 0 spiro atoms. The molecule has 0 aliphatic carbocycles. The summed E-state index contributed by atoms with van der Waals surface area (Å²) in [5.74, 6) is 3.22. The maximum Gasteiger partial charge on any atom is 0.191 e. The van der Waals surface area contributed by atoms with Crippen molar-refractivity contribution >= 4 is 29.9 Å². The van der Waals surface area contributed by atoms with E-state index in [1.54, 1.807) is 27.3 Å². The van der Waals surface area contributed by atoms with E-state index < -0.39 is 0 Å². The number of halogens is 1. The van der Waals surface area contributed by atoms with Gasteiger partial charge in [-0.2, -0.15) is 0 Å². The fraction of sp³-hybridized carbons (Fsp3) is 0.318. The van der Waals surface area contributed by atoms with E-state index in [1.165, 1.54) is 0 Å². The fourth-order valence-electron chi connectivity index (χ4n) is 2.73. The summed E-state index contributed by atoms with van der Waals surface area (Å²) in [6.07, 6.45) is 2.51. The molecular weight excluding hydrogens is 481 g/mol. The predicted molar refractivity (Wildman–Crippen MR) is 129 cm³/mol. The number of benzene rings is 2. The first-order chi connectivity index (χ1) is 13.7. The third-order valence-corrected chi connectivity index (χ3v) is 4.17. The molecule has 29 heavy (non-hydrogen) atoms. The van der Waals surface area contributed by atoms with Gasteiger partial charge in [0.1, 0.15) is 23.9 Å². The van der Waals surface area contributed by atoms with Gasteiger partial charge >= 0.3 is 0 Å². The van der Waals surface area contributed by atoms with Gasteiger partial charge in [-0.3, -0.25) is 4.99 Å². The second kappa shape index (κ2) is 13.7. The van der Waals surface area contributed by atoms with Crippen molar-refractivity contribution in [1.82, 2.24) is 10.6 Å². The first-order valence-electron chi connectivity index (χ1n) is 9.18. The lowest BCUT2D eigenvalue weighted by molar-refractivity contribution is 0.358. The number of nitrogens with one attached hydrogen (secondary N) is 2. The van der Waals surface area contributed by atoms with E-state index in [1.807, 2.05) is 42.5 Å². The predicted octanol–water partition coefficient (Wildman–Crippen LogP) is 3.79. The number of hydrogen-bond donors (Lipinski definition) is 2. The van der Waals surface area contributed by atoms with Crippen LogP contribution in [0.3, 0.4) is 0 Å². The zero-order valence-corrected chi connectivity index (χ0v) is 19.6. The van der Waals surface area contributed by atoms with Crippen molar-refractivity contribution in [2.75, 3.05) is 34.4 Å². The molecule has 0 atom stereocenters. The molecular formula is C22H30IN3O3. The second-order valence-electron chi connectivity index (χ2n) is 5.99. The van der Waals surface area contributed by atoms with Gasteiger partial charge in [-0.05, 0) is 36.2 Å². The molecule has 0 saturated heterocycles. The molecule has 0 saturated carbocycles. The normalized spacial score (nSPS) is 10.5. The number of guanidine groups is 1. The summed E-state index contributed by atoms with van der Waals surface area (Å²) in [5, 5.41) is 6.64. The van der Waals surface area contributed by atoms with Gasteiger partial charge in [0.05, 0.1) is 14.2 Å². The Morgan fingerprint density at radius 3 is 2.52 bits per heavy atom. The van der Waals surface area contributed by atoms with E-state index in [-0.39, 0.29) is 24.0 Å². The molecule has 0 fully saturated rings. The zero-order valence-electron chi connectivity index (χ0n) is 17.2. The summed E-state index contributed by atoms with van der Waals surface area (Å²) in [6, 6.07) is 13.7. The van der Waals surface area contributed by atoms with E-state index in [2.05, 4.69) is 22.2 Å². The molecule has 2 rings (SSSR count). The van der Waals surface area contributed by atoms with Crippen molar-refractivity contribution in [3.05, 3.63) is 66.2 Å². The van der Waals surface area contributed by atoms with Crippen LogP contribution in [-0.4, -0.2) is 40.4 Å². The van der Waals surface area contributed by atoms with Gasteiger partial charge in [0.25, 0.3) is 0 Å². The monoisotopic (exact) mass is 511 g/mol. The largest absolute Gasteiger partial charge is 0.497 e. The van der Waals surface area contributed by atoms with Gasteiger partial charge in [0, 0.05) is 25.7 Å². The Kier molecular flexibility index (Phi) is 11.6. The molecule has 0 aliphatic rings. The van der Waals surface area contributed by atoms with E-state index in [4.69, 9.17) is 14.2 Å². The Balaban J connectivity index is 0.00000420. The molecule has 0 bridgehead atoms. The fourth-order valence-corrected chi connectivity index (χ4v) is 2.73. The summed E-state index contributed by atoms with van der Waals surface area (Å²) < 4.78 is 16.4. The SMILES string of the molecule is C=CCOc1ccccc1CNC(=NC)NCCc1cc(OC)ccc1OC.I. The Labute approximate surface area is 190 Å². The Bertz CT molecular complexity index is 797. The van der Waals surface area contributed by atoms with E-state index in [9.17, 15) is 0 Å². The minimum atomic E-state index is 0. The highest BCUT2D eigenvalue weighted by Gasteiger charge is 2.07. The standard InChI is InChI=1S/C22H29N3O3.HI/c1-5-14-28-21-9-7-6-8-18(21)16-25-22(23-2)24-13-12-17-15-19(26-3)10-11-20(17)27-4;/h5-11,15H,1,12-14,16H2,2-4H3,(H2,23,24,25);1H. The molecule has 2 aromatic carbocycles. The first-order valence-corrected chi connectivity index (χ1v) is 9.18. The van der Waals surface area contributed by atoms with Crippen LogP contribution in [0.15, 0.2) is 60.1 Å². The van der Waals surface area contributed by atoms with Crippen LogP contribution in [0.25, 0.3) is 0 Å². The summed E-state index contributed by atoms with van der Waals surface area (Å²) >= 11 is 0. The van der Waals surface area contributed by atoms with E-state index >= 15 is 0 Å². The highest BCUT2D eigenvalue weighted by molar-refractivity contribution is 14.0. The highest BCUT2D eigenvalue weighted by atomic mass is 127. The minimum Gasteiger partial charge on any atom is -0.497 e. The summed E-state index contributed by atoms with van der Waals surface area (Å²) in [4.78, 5) is 4.28. The molecule has 0 amide bonds. The number of ether oxygens (including phenoxy) is 3. The number of aliphatic imine (C=N–C) groups is 1. The smallest absolute Gasteiger partial charge is 0.191 e. The Hall–Kier alpha value is -2.42. The van der Waals surface area contributed by atoms with Gasteiger partial charge in [0.2, 0.25) is 0 Å². The van der Waals surface area contributed by atoms with Gasteiger partial charge in [-0.25, -0.2) is 0 Å². The molecule has 0 aliphatic heterocycles. The van der Waals surface area contributed by atoms with E-state index in [0.717, 1.165) is 40.8 Å². The van der Waals surface area contributed by atoms with Crippen LogP contribution in [0.1, 0.15) is 11.1 Å². The topological polar surface area (TPSA) is 64.1 Å². The average Bonchev–Trinajstić information content (AvgIpc) is 2.75. The first kappa shape index (κ1) is 24.6. The van der Waals surface area contributed by atoms with Crippen molar-refractivity contribution in [3.8, 4) is 17.2 Å². The molecule has 158 valence electrons. The summed E-state index contributed by atoms with van der Waals surface area (Å²) in [6.45, 7) is 5.48. The quantitative estimate of drug-likeness (QED) is 0.220. The lowest BCUT2D eigenvalue weighted by Crippen LogP contribution is -2.38. The summed E-state index contributed by atoms with van der Waals surface area (Å²) in [5.41, 5.74) is 2.13. The van der Waals surface area contributed by atoms with Crippen molar-refractivity contribution in [2.24, 2.45) is 4.99 Å². The van der Waals surface area contributed by atoms with Crippen LogP contribution in [0.4, 0.5) is 0 Å². The maximum atomic E-state index is 5.69. The second-order valence-corrected chi connectivity index (χ2v) is 5.99. The van der Waals surface area contributed by atoms with Crippen molar-refractivity contribution in [1.29, 1.82) is 0 Å². The molecule has 0 unspecified atom stereocenters. The van der Waals surface area contributed by atoms with Gasteiger partial charge < -0.3 is 24.8 Å². The third kappa shape index (κ3) is 7.84. The molecule has 0 aromatic heterocycles. The Morgan fingerprint density at radius 1 is 1.03 bits per heavy atom. The van der Waals surface area contributed by atoms with Gasteiger partial charge in [-0.15, -0.1) is 24.0 Å². The van der Waals surface area contributed by atoms with Crippen molar-refractivity contribution in [3.63, 3.8) is 0 Å². The van der Waals surface area contributed by atoms with Crippen molar-refractivity contribution < 1.29 is 14.2 Å². The van der Waals surface area contributed by atoms with Gasteiger partial charge in [0.15, 0.2) is 5.96 Å². The number of rotatable bonds is 10. The number of para-hydroxylation sites is 1. The minimum absolute atomic E-state index is 0. The third-order valence-electron chi connectivity index (χ3n) is 4.17. The number of hydrogen-bond acceptors (Lipinski definition) is 4. The van der Waals surface area contributed by atoms with Gasteiger partial charge in [-0.1, -0.05) is 30.9 Å². The summed E-state index contributed by atoms with van der Waals surface area (Å²) in [7, 11) is 5.08.